The molecule has 4 rings (SSSR count). The minimum Gasteiger partial charge on any atom is -0.381 e. The minimum atomic E-state index is 0.644. The number of fused-ring (bicyclic) bond motifs is 5. The molecule has 1 aliphatic heterocycles. The maximum atomic E-state index is 3.90. The van der Waals surface area contributed by atoms with Gasteiger partial charge in [0.25, 0.3) is 0 Å². The summed E-state index contributed by atoms with van der Waals surface area (Å²) in [5.41, 5.74) is 4.58. The summed E-state index contributed by atoms with van der Waals surface area (Å²) in [5.74, 6) is 3.39. The van der Waals surface area contributed by atoms with Gasteiger partial charge in [0.05, 0.1) is 0 Å². The topological polar surface area (TPSA) is 12.0 Å². The third-order valence-electron chi connectivity index (χ3n) is 6.18. The summed E-state index contributed by atoms with van der Waals surface area (Å²) in [7, 11) is 0. The Bertz CT molecular complexity index is 504. The van der Waals surface area contributed by atoms with Gasteiger partial charge >= 0.3 is 0 Å². The molecule has 0 aromatic heterocycles. The molecule has 0 amide bonds. The molecule has 1 heteroatoms. The Kier molecular flexibility index (Phi) is 3.05. The smallest absolute Gasteiger partial charge is 0.0379 e. The van der Waals surface area contributed by atoms with Crippen molar-refractivity contribution in [3.8, 4) is 0 Å². The fourth-order valence-corrected chi connectivity index (χ4v) is 5.05. The first-order chi connectivity index (χ1) is 9.74. The van der Waals surface area contributed by atoms with Crippen LogP contribution in [-0.4, -0.2) is 6.04 Å². The summed E-state index contributed by atoms with van der Waals surface area (Å²) in [4.78, 5) is 0. The molecule has 3 aliphatic rings. The minimum absolute atomic E-state index is 0.644. The van der Waals surface area contributed by atoms with Gasteiger partial charge in [0, 0.05) is 17.6 Å². The van der Waals surface area contributed by atoms with Crippen molar-refractivity contribution in [2.45, 2.75) is 70.3 Å². The Morgan fingerprint density at radius 1 is 1.05 bits per heavy atom. The molecule has 0 bridgehead atoms. The van der Waals surface area contributed by atoms with E-state index in [9.17, 15) is 0 Å². The highest BCUT2D eigenvalue weighted by Gasteiger charge is 2.44. The number of hydrogen-bond acceptors (Lipinski definition) is 1. The molecule has 0 spiro atoms. The first-order valence-electron chi connectivity index (χ1n) is 8.64. The van der Waals surface area contributed by atoms with Gasteiger partial charge in [-0.1, -0.05) is 45.2 Å². The first kappa shape index (κ1) is 12.7. The lowest BCUT2D eigenvalue weighted by Gasteiger charge is -2.43. The second-order valence-electron chi connectivity index (χ2n) is 7.56. The Hall–Kier alpha value is -0.980. The Morgan fingerprint density at radius 3 is 2.75 bits per heavy atom. The van der Waals surface area contributed by atoms with E-state index in [1.807, 2.05) is 0 Å². The van der Waals surface area contributed by atoms with Crippen LogP contribution in [0.4, 0.5) is 5.69 Å². The second kappa shape index (κ2) is 4.79. The number of nitrogens with one attached hydrogen (secondary N) is 1. The molecule has 2 aliphatic carbocycles. The summed E-state index contributed by atoms with van der Waals surface area (Å²) in [6.45, 7) is 4.61. The van der Waals surface area contributed by atoms with Crippen molar-refractivity contribution in [3.63, 3.8) is 0 Å². The quantitative estimate of drug-likeness (QED) is 0.730. The standard InChI is InChI=1S/C19H27N/c1-12(2)14-8-10-18-17(11-14)16-9-7-13-5-3-4-6-15(13)19(16)20-18/h8,10-13,15-16,19-20H,3-7,9H2,1-2H3/t13-,15+,16?,19?/m1/s1. The summed E-state index contributed by atoms with van der Waals surface area (Å²) < 4.78 is 0. The molecule has 1 aromatic carbocycles. The molecule has 0 radical (unpaired) electrons. The van der Waals surface area contributed by atoms with E-state index in [2.05, 4.69) is 37.4 Å². The van der Waals surface area contributed by atoms with Crippen molar-refractivity contribution in [3.05, 3.63) is 29.3 Å². The molecule has 1 aromatic rings. The van der Waals surface area contributed by atoms with E-state index in [0.717, 1.165) is 23.8 Å². The normalized spacial score (nSPS) is 35.1. The van der Waals surface area contributed by atoms with E-state index < -0.39 is 0 Å². The second-order valence-corrected chi connectivity index (χ2v) is 7.56. The van der Waals surface area contributed by atoms with Gasteiger partial charge in [0.15, 0.2) is 0 Å². The Labute approximate surface area is 123 Å². The lowest BCUT2D eigenvalue weighted by atomic mass is 9.64. The van der Waals surface area contributed by atoms with E-state index in [1.54, 1.807) is 5.56 Å². The fraction of sp³-hybridized carbons (Fsp3) is 0.684. The SMILES string of the molecule is CC(C)c1ccc2c(c1)C1CC[C@H]3CCCC[C@@H]3C1N2. The van der Waals surface area contributed by atoms with Gasteiger partial charge in [0.2, 0.25) is 0 Å². The van der Waals surface area contributed by atoms with Gasteiger partial charge in [-0.2, -0.15) is 0 Å². The maximum absolute atomic E-state index is 3.90. The van der Waals surface area contributed by atoms with Crippen LogP contribution in [0.2, 0.25) is 0 Å². The zero-order chi connectivity index (χ0) is 13.7. The van der Waals surface area contributed by atoms with Gasteiger partial charge in [-0.15, -0.1) is 0 Å². The van der Waals surface area contributed by atoms with Crippen LogP contribution in [0.25, 0.3) is 0 Å². The Morgan fingerprint density at radius 2 is 1.90 bits per heavy atom. The largest absolute Gasteiger partial charge is 0.381 e. The van der Waals surface area contributed by atoms with E-state index in [0.29, 0.717) is 5.92 Å². The predicted octanol–water partition coefficient (Wildman–Crippen LogP) is 5.29. The van der Waals surface area contributed by atoms with Crippen LogP contribution in [0.1, 0.15) is 75.3 Å². The van der Waals surface area contributed by atoms with Gasteiger partial charge in [-0.05, 0) is 54.2 Å². The van der Waals surface area contributed by atoms with Crippen LogP contribution in [0, 0.1) is 11.8 Å². The molecule has 1 nitrogen and oxygen atoms in total. The molecule has 2 unspecified atom stereocenters. The van der Waals surface area contributed by atoms with Crippen molar-refractivity contribution in [1.29, 1.82) is 0 Å². The predicted molar refractivity (Wildman–Crippen MR) is 85.4 cm³/mol. The van der Waals surface area contributed by atoms with Crippen molar-refractivity contribution in [2.24, 2.45) is 11.8 Å². The van der Waals surface area contributed by atoms with Gasteiger partial charge < -0.3 is 5.32 Å². The van der Waals surface area contributed by atoms with E-state index in [-0.39, 0.29) is 0 Å². The van der Waals surface area contributed by atoms with Crippen molar-refractivity contribution < 1.29 is 0 Å². The maximum Gasteiger partial charge on any atom is 0.0379 e. The van der Waals surface area contributed by atoms with E-state index in [4.69, 9.17) is 0 Å². The molecule has 2 saturated carbocycles. The third-order valence-corrected chi connectivity index (χ3v) is 6.18. The van der Waals surface area contributed by atoms with Crippen molar-refractivity contribution in [1.82, 2.24) is 0 Å². The van der Waals surface area contributed by atoms with Crippen LogP contribution in [0.5, 0.6) is 0 Å². The average Bonchev–Trinajstić information content (AvgIpc) is 2.85. The zero-order valence-corrected chi connectivity index (χ0v) is 12.9. The summed E-state index contributed by atoms with van der Waals surface area (Å²) >= 11 is 0. The highest BCUT2D eigenvalue weighted by Crippen LogP contribution is 2.52. The third kappa shape index (κ3) is 1.89. The van der Waals surface area contributed by atoms with Crippen LogP contribution in [0.15, 0.2) is 18.2 Å². The summed E-state index contributed by atoms with van der Waals surface area (Å²) in [6.07, 6.45) is 8.77. The van der Waals surface area contributed by atoms with Crippen LogP contribution >= 0.6 is 0 Å². The van der Waals surface area contributed by atoms with Crippen LogP contribution in [-0.2, 0) is 0 Å². The molecule has 1 N–H and O–H groups in total. The van der Waals surface area contributed by atoms with Crippen LogP contribution < -0.4 is 5.32 Å². The fourth-order valence-electron chi connectivity index (χ4n) is 5.05. The van der Waals surface area contributed by atoms with Gasteiger partial charge in [-0.25, -0.2) is 0 Å². The summed E-state index contributed by atoms with van der Waals surface area (Å²) in [5, 5.41) is 3.90. The lowest BCUT2D eigenvalue weighted by Crippen LogP contribution is -2.41. The number of anilines is 1. The molecule has 20 heavy (non-hydrogen) atoms. The van der Waals surface area contributed by atoms with E-state index in [1.165, 1.54) is 49.8 Å². The summed E-state index contributed by atoms with van der Waals surface area (Å²) in [6, 6.07) is 7.92. The van der Waals surface area contributed by atoms with Crippen LogP contribution in [0.3, 0.4) is 0 Å². The molecule has 108 valence electrons. The number of rotatable bonds is 1. The molecule has 2 fully saturated rings. The highest BCUT2D eigenvalue weighted by molar-refractivity contribution is 5.61. The van der Waals surface area contributed by atoms with Crippen molar-refractivity contribution in [2.75, 3.05) is 5.32 Å². The van der Waals surface area contributed by atoms with Crippen molar-refractivity contribution >= 4 is 5.69 Å². The average molecular weight is 269 g/mol. The molecular formula is C19H27N. The molecule has 0 saturated heterocycles. The lowest BCUT2D eigenvalue weighted by molar-refractivity contribution is 0.144. The van der Waals surface area contributed by atoms with Gasteiger partial charge in [0.1, 0.15) is 0 Å². The number of hydrogen-bond donors (Lipinski definition) is 1. The monoisotopic (exact) mass is 269 g/mol. The van der Waals surface area contributed by atoms with E-state index >= 15 is 0 Å². The van der Waals surface area contributed by atoms with Gasteiger partial charge in [-0.3, -0.25) is 0 Å². The molecule has 1 heterocycles. The number of benzene rings is 1. The highest BCUT2D eigenvalue weighted by atomic mass is 15.0. The zero-order valence-electron chi connectivity index (χ0n) is 12.9. The molecule has 4 atom stereocenters. The Balaban J connectivity index is 1.66. The molecular weight excluding hydrogens is 242 g/mol. The first-order valence-corrected chi connectivity index (χ1v) is 8.64.